The molecule has 2 heterocycles. The zero-order chi connectivity index (χ0) is 20.6. The van der Waals surface area contributed by atoms with Gasteiger partial charge >= 0.3 is 5.97 Å². The minimum Gasteiger partial charge on any atom is -0.479 e. The number of H-pyrrole nitrogens is 1. The summed E-state index contributed by atoms with van der Waals surface area (Å²) < 4.78 is 17.4. The third-order valence-corrected chi connectivity index (χ3v) is 5.48. The number of aliphatic carboxylic acids is 1. The van der Waals surface area contributed by atoms with Crippen LogP contribution in [-0.2, 0) is 9.53 Å². The fraction of sp³-hybridized carbons (Fsp3) is 0.353. The van der Waals surface area contributed by atoms with E-state index < -0.39 is 36.7 Å². The Morgan fingerprint density at radius 2 is 2.00 bits per heavy atom. The second-order valence-corrected chi connectivity index (χ2v) is 7.57. The summed E-state index contributed by atoms with van der Waals surface area (Å²) in [4.78, 5) is 14.2. The van der Waals surface area contributed by atoms with E-state index in [1.807, 2.05) is 0 Å². The van der Waals surface area contributed by atoms with Crippen LogP contribution in [0.25, 0.3) is 10.9 Å². The summed E-state index contributed by atoms with van der Waals surface area (Å²) in [7, 11) is 0. The quantitative estimate of drug-likeness (QED) is 0.367. The Bertz CT molecular complexity index is 939. The first-order valence-corrected chi connectivity index (χ1v) is 9.49. The predicted molar refractivity (Wildman–Crippen MR) is 103 cm³/mol. The van der Waals surface area contributed by atoms with Gasteiger partial charge in [0.2, 0.25) is 6.29 Å². The van der Waals surface area contributed by atoms with Gasteiger partial charge in [0.15, 0.2) is 6.10 Å². The Labute approximate surface area is 175 Å². The lowest BCUT2D eigenvalue weighted by Crippen LogP contribution is -2.61. The molecule has 0 spiro atoms. The Balaban J connectivity index is 1.96. The molecule has 28 heavy (non-hydrogen) atoms. The van der Waals surface area contributed by atoms with Crippen LogP contribution in [0.1, 0.15) is 0 Å². The molecule has 1 aliphatic rings. The van der Waals surface area contributed by atoms with Gasteiger partial charge in [0, 0.05) is 6.20 Å². The van der Waals surface area contributed by atoms with E-state index in [1.54, 1.807) is 6.07 Å². The van der Waals surface area contributed by atoms with Gasteiger partial charge in [0.25, 0.3) is 0 Å². The van der Waals surface area contributed by atoms with Crippen LogP contribution in [0.15, 0.2) is 21.2 Å². The number of carboxylic acid groups (broad SMARTS) is 1. The van der Waals surface area contributed by atoms with Gasteiger partial charge in [-0.3, -0.25) is 0 Å². The molecule has 0 saturated carbocycles. The molecule has 0 unspecified atom stereocenters. The first-order chi connectivity index (χ1) is 13.3. The van der Waals surface area contributed by atoms with Crippen LogP contribution in [0.3, 0.4) is 0 Å². The highest BCUT2D eigenvalue weighted by molar-refractivity contribution is 9.11. The van der Waals surface area contributed by atoms with Crippen molar-refractivity contribution in [2.45, 2.75) is 30.7 Å². The highest BCUT2D eigenvalue weighted by Gasteiger charge is 2.48. The summed E-state index contributed by atoms with van der Waals surface area (Å²) in [5.74, 6) is 1.47. The molecular formula is C17H15Br2NO8. The number of aromatic amines is 1. The molecule has 3 rings (SSSR count). The van der Waals surface area contributed by atoms with Crippen LogP contribution in [-0.4, -0.2) is 68.7 Å². The van der Waals surface area contributed by atoms with Crippen molar-refractivity contribution in [1.82, 2.24) is 4.98 Å². The fourth-order valence-corrected chi connectivity index (χ4v) is 4.33. The molecule has 5 atom stereocenters. The van der Waals surface area contributed by atoms with Crippen LogP contribution in [0, 0.1) is 12.3 Å². The number of carboxylic acids is 1. The van der Waals surface area contributed by atoms with E-state index in [0.717, 1.165) is 0 Å². The summed E-state index contributed by atoms with van der Waals surface area (Å²) in [6.07, 6.45) is -1.86. The average Bonchev–Trinajstić information content (AvgIpc) is 3.04. The molecule has 5 N–H and O–H groups in total. The van der Waals surface area contributed by atoms with E-state index in [4.69, 9.17) is 25.7 Å². The van der Waals surface area contributed by atoms with Crippen molar-refractivity contribution in [3.05, 3.63) is 21.2 Å². The molecule has 150 valence electrons. The van der Waals surface area contributed by atoms with Crippen molar-refractivity contribution in [1.29, 1.82) is 0 Å². The molecule has 0 aliphatic carbocycles. The molecule has 0 amide bonds. The monoisotopic (exact) mass is 519 g/mol. The van der Waals surface area contributed by atoms with Gasteiger partial charge in [-0.1, -0.05) is 5.92 Å². The molecule has 2 aromatic rings. The number of rotatable bonds is 5. The molecule has 0 radical (unpaired) electrons. The highest BCUT2D eigenvalue weighted by atomic mass is 79.9. The molecular weight excluding hydrogens is 506 g/mol. The molecule has 9 nitrogen and oxygen atoms in total. The van der Waals surface area contributed by atoms with Crippen molar-refractivity contribution in [2.24, 2.45) is 0 Å². The zero-order valence-corrected chi connectivity index (χ0v) is 17.2. The van der Waals surface area contributed by atoms with Crippen LogP contribution in [0.2, 0.25) is 0 Å². The first kappa shape index (κ1) is 20.9. The van der Waals surface area contributed by atoms with Crippen LogP contribution >= 0.6 is 31.9 Å². The molecule has 1 aliphatic heterocycles. The lowest BCUT2D eigenvalue weighted by Gasteiger charge is -2.38. The third-order valence-electron chi connectivity index (χ3n) is 4.14. The minimum atomic E-state index is -1.80. The number of ether oxygens (including phenoxy) is 3. The Hall–Kier alpha value is -1.81. The van der Waals surface area contributed by atoms with Crippen molar-refractivity contribution in [3.63, 3.8) is 0 Å². The van der Waals surface area contributed by atoms with Crippen LogP contribution in [0.5, 0.6) is 11.5 Å². The van der Waals surface area contributed by atoms with E-state index in [0.29, 0.717) is 25.6 Å². The maximum absolute atomic E-state index is 11.2. The standard InChI is InChI=1S/C17H15Br2NO8/c1-2-3-26-14-6(18)4-7-9(10(14)19)8(5-20-7)27-17-13(23)11(21)12(22)15(28-17)16(24)25/h1,4-5,11-13,15,17,20-23H,3H2,(H,24,25)/t11-,12-,13+,15-,17+/m0/s1. The number of hydrogen-bond donors (Lipinski definition) is 5. The van der Waals surface area contributed by atoms with Crippen LogP contribution < -0.4 is 9.47 Å². The average molecular weight is 521 g/mol. The number of fused-ring (bicyclic) bond motifs is 1. The number of terminal acetylenes is 1. The topological polar surface area (TPSA) is 141 Å². The first-order valence-electron chi connectivity index (χ1n) is 7.90. The van der Waals surface area contributed by atoms with Crippen LogP contribution in [0.4, 0.5) is 0 Å². The van der Waals surface area contributed by atoms with Gasteiger partial charge < -0.3 is 39.6 Å². The van der Waals surface area contributed by atoms with E-state index in [1.165, 1.54) is 6.20 Å². The maximum Gasteiger partial charge on any atom is 0.335 e. The second kappa shape index (κ2) is 8.28. The van der Waals surface area contributed by atoms with Crippen molar-refractivity contribution < 1.29 is 39.4 Å². The van der Waals surface area contributed by atoms with Gasteiger partial charge in [0.05, 0.1) is 19.8 Å². The van der Waals surface area contributed by atoms with Crippen molar-refractivity contribution in [3.8, 4) is 23.8 Å². The van der Waals surface area contributed by atoms with Gasteiger partial charge in [-0.25, -0.2) is 4.79 Å². The smallest absolute Gasteiger partial charge is 0.335 e. The number of aromatic nitrogens is 1. The number of carbonyl (C=O) groups is 1. The van der Waals surface area contributed by atoms with Gasteiger partial charge in [0.1, 0.15) is 36.4 Å². The predicted octanol–water partition coefficient (Wildman–Crippen LogP) is 0.976. The number of halogens is 2. The molecule has 1 fully saturated rings. The number of nitrogens with one attached hydrogen (secondary N) is 1. The van der Waals surface area contributed by atoms with E-state index in [9.17, 15) is 20.1 Å². The van der Waals surface area contributed by atoms with Gasteiger partial charge in [-0.15, -0.1) is 6.42 Å². The minimum absolute atomic E-state index is 0.0259. The second-order valence-electron chi connectivity index (χ2n) is 5.92. The van der Waals surface area contributed by atoms with Crippen molar-refractivity contribution in [2.75, 3.05) is 6.61 Å². The largest absolute Gasteiger partial charge is 0.479 e. The number of aliphatic hydroxyl groups excluding tert-OH is 3. The van der Waals surface area contributed by atoms with E-state index >= 15 is 0 Å². The highest BCUT2D eigenvalue weighted by Crippen LogP contribution is 2.44. The SMILES string of the molecule is C#CCOc1c(Br)cc2[nH]cc(O[C@@H]3O[C@H](C(=O)O)[C@@H](O)[C@H](O)[C@H]3O)c2c1Br. The summed E-state index contributed by atoms with van der Waals surface area (Å²) in [5.41, 5.74) is 0.627. The summed E-state index contributed by atoms with van der Waals surface area (Å²) in [6, 6.07) is 1.72. The third kappa shape index (κ3) is 3.71. The number of benzene rings is 1. The maximum atomic E-state index is 11.2. The Morgan fingerprint density at radius 1 is 1.29 bits per heavy atom. The lowest BCUT2D eigenvalue weighted by atomic mass is 9.99. The molecule has 0 bridgehead atoms. The molecule has 11 heteroatoms. The van der Waals surface area contributed by atoms with E-state index in [-0.39, 0.29) is 12.4 Å². The number of aliphatic hydroxyl groups is 3. The Morgan fingerprint density at radius 3 is 2.64 bits per heavy atom. The molecule has 1 aromatic carbocycles. The molecule has 1 saturated heterocycles. The lowest BCUT2D eigenvalue weighted by molar-refractivity contribution is -0.270. The zero-order valence-electron chi connectivity index (χ0n) is 14.0. The molecule has 1 aromatic heterocycles. The van der Waals surface area contributed by atoms with Gasteiger partial charge in [-0.2, -0.15) is 0 Å². The fourth-order valence-electron chi connectivity index (χ4n) is 2.78. The van der Waals surface area contributed by atoms with Crippen molar-refractivity contribution >= 4 is 48.7 Å². The number of hydrogen-bond acceptors (Lipinski definition) is 7. The Kier molecular flexibility index (Phi) is 6.18. The van der Waals surface area contributed by atoms with Gasteiger partial charge in [-0.05, 0) is 37.9 Å². The normalized spacial score (nSPS) is 27.4. The summed E-state index contributed by atoms with van der Waals surface area (Å²) in [5, 5.41) is 39.5. The summed E-state index contributed by atoms with van der Waals surface area (Å²) in [6.45, 7) is 0.0259. The summed E-state index contributed by atoms with van der Waals surface area (Å²) >= 11 is 6.80. The van der Waals surface area contributed by atoms with E-state index in [2.05, 4.69) is 42.8 Å².